The number of aromatic nitrogens is 2. The molecule has 0 fully saturated rings. The Morgan fingerprint density at radius 1 is 1.52 bits per heavy atom. The normalized spacial score (nSPS) is 10.1. The smallest absolute Gasteiger partial charge is 0.311 e. The molecule has 0 radical (unpaired) electrons. The van der Waals surface area contributed by atoms with Gasteiger partial charge in [-0.15, -0.1) is 0 Å². The van der Waals surface area contributed by atoms with Crippen molar-refractivity contribution in [2.45, 2.75) is 13.5 Å². The van der Waals surface area contributed by atoms with Crippen LogP contribution in [0.5, 0.6) is 5.75 Å². The minimum Gasteiger partial charge on any atom is -0.487 e. The molecular formula is C13H14N4O4. The third-order valence-corrected chi connectivity index (χ3v) is 2.73. The molecule has 2 N–H and O–H groups in total. The first kappa shape index (κ1) is 14.5. The van der Waals surface area contributed by atoms with E-state index in [1.807, 2.05) is 0 Å². The van der Waals surface area contributed by atoms with Crippen molar-refractivity contribution < 1.29 is 14.5 Å². The summed E-state index contributed by atoms with van der Waals surface area (Å²) in [6.45, 7) is 2.19. The standard InChI is InChI=1S/C13H14N4O4/c1-2-21-12-10(4-3-5-11(12)17(19)20)13(18)14-6-9-7-15-16-8-9/h3-5,7-8H,2,6H2,1H3,(H,14,18)(H,15,16). The van der Waals surface area contributed by atoms with E-state index >= 15 is 0 Å². The van der Waals surface area contributed by atoms with Gasteiger partial charge in [-0.05, 0) is 13.0 Å². The monoisotopic (exact) mass is 290 g/mol. The highest BCUT2D eigenvalue weighted by atomic mass is 16.6. The van der Waals surface area contributed by atoms with Gasteiger partial charge >= 0.3 is 5.69 Å². The Hall–Kier alpha value is -2.90. The lowest BCUT2D eigenvalue weighted by molar-refractivity contribution is -0.385. The number of hydrogen-bond donors (Lipinski definition) is 2. The highest BCUT2D eigenvalue weighted by Gasteiger charge is 2.22. The predicted molar refractivity (Wildman–Crippen MR) is 74.0 cm³/mol. The number of nitro benzene ring substituents is 1. The summed E-state index contributed by atoms with van der Waals surface area (Å²) < 4.78 is 5.27. The second-order valence-corrected chi connectivity index (χ2v) is 4.13. The van der Waals surface area contributed by atoms with E-state index < -0.39 is 10.8 Å². The van der Waals surface area contributed by atoms with Gasteiger partial charge in [-0.3, -0.25) is 20.0 Å². The molecule has 0 bridgehead atoms. The Morgan fingerprint density at radius 2 is 2.33 bits per heavy atom. The van der Waals surface area contributed by atoms with Crippen molar-refractivity contribution >= 4 is 11.6 Å². The van der Waals surface area contributed by atoms with Gasteiger partial charge in [-0.2, -0.15) is 5.10 Å². The zero-order valence-electron chi connectivity index (χ0n) is 11.3. The number of ether oxygens (including phenoxy) is 1. The molecule has 0 aliphatic carbocycles. The van der Waals surface area contributed by atoms with Crippen molar-refractivity contribution in [2.24, 2.45) is 0 Å². The molecule has 1 aromatic heterocycles. The van der Waals surface area contributed by atoms with Crippen LogP contribution in [0.4, 0.5) is 5.69 Å². The number of benzene rings is 1. The van der Waals surface area contributed by atoms with Crippen LogP contribution in [0.25, 0.3) is 0 Å². The van der Waals surface area contributed by atoms with E-state index in [1.165, 1.54) is 18.2 Å². The summed E-state index contributed by atoms with van der Waals surface area (Å²) in [4.78, 5) is 22.6. The van der Waals surface area contributed by atoms with Gasteiger partial charge in [0.15, 0.2) is 0 Å². The Labute approximate surface area is 120 Å². The fourth-order valence-corrected chi connectivity index (χ4v) is 1.80. The number of nitrogens with zero attached hydrogens (tertiary/aromatic N) is 2. The predicted octanol–water partition coefficient (Wildman–Crippen LogP) is 1.65. The van der Waals surface area contributed by atoms with Gasteiger partial charge in [0, 0.05) is 24.4 Å². The van der Waals surface area contributed by atoms with Crippen LogP contribution in [0.15, 0.2) is 30.6 Å². The van der Waals surface area contributed by atoms with E-state index in [4.69, 9.17) is 4.74 Å². The van der Waals surface area contributed by atoms with Gasteiger partial charge in [0.05, 0.1) is 23.3 Å². The third-order valence-electron chi connectivity index (χ3n) is 2.73. The molecule has 0 saturated heterocycles. The molecule has 0 saturated carbocycles. The average Bonchev–Trinajstić information content (AvgIpc) is 2.98. The highest BCUT2D eigenvalue weighted by Crippen LogP contribution is 2.30. The minimum absolute atomic E-state index is 0.0188. The van der Waals surface area contributed by atoms with Gasteiger partial charge in [0.1, 0.15) is 0 Å². The molecule has 1 heterocycles. The van der Waals surface area contributed by atoms with Crippen molar-refractivity contribution in [1.29, 1.82) is 0 Å². The zero-order valence-corrected chi connectivity index (χ0v) is 11.3. The molecule has 0 atom stereocenters. The second-order valence-electron chi connectivity index (χ2n) is 4.13. The number of para-hydroxylation sites is 1. The summed E-state index contributed by atoms with van der Waals surface area (Å²) in [7, 11) is 0. The van der Waals surface area contributed by atoms with Gasteiger partial charge in [-0.1, -0.05) is 6.07 Å². The van der Waals surface area contributed by atoms with Gasteiger partial charge in [0.25, 0.3) is 5.91 Å². The van der Waals surface area contributed by atoms with Crippen LogP contribution in [0.3, 0.4) is 0 Å². The maximum atomic E-state index is 12.2. The first-order chi connectivity index (χ1) is 10.1. The van der Waals surface area contributed by atoms with Crippen molar-refractivity contribution in [1.82, 2.24) is 15.5 Å². The van der Waals surface area contributed by atoms with E-state index in [0.717, 1.165) is 5.56 Å². The van der Waals surface area contributed by atoms with Crippen LogP contribution in [-0.2, 0) is 6.54 Å². The first-order valence-electron chi connectivity index (χ1n) is 6.29. The minimum atomic E-state index is -0.572. The van der Waals surface area contributed by atoms with E-state index in [9.17, 15) is 14.9 Å². The number of nitrogens with one attached hydrogen (secondary N) is 2. The third kappa shape index (κ3) is 3.35. The lowest BCUT2D eigenvalue weighted by atomic mass is 10.1. The molecule has 1 aromatic carbocycles. The summed E-state index contributed by atoms with van der Waals surface area (Å²) in [6.07, 6.45) is 3.23. The van der Waals surface area contributed by atoms with E-state index in [0.29, 0.717) is 0 Å². The molecule has 8 heteroatoms. The fraction of sp³-hybridized carbons (Fsp3) is 0.231. The number of aromatic amines is 1. The zero-order chi connectivity index (χ0) is 15.2. The summed E-state index contributed by atoms with van der Waals surface area (Å²) in [5.74, 6) is -0.460. The molecule has 2 rings (SSSR count). The Kier molecular flexibility index (Phi) is 4.50. The van der Waals surface area contributed by atoms with Gasteiger partial charge < -0.3 is 10.1 Å². The molecule has 0 aliphatic rings. The summed E-state index contributed by atoms with van der Waals surface area (Å²) >= 11 is 0. The second kappa shape index (κ2) is 6.51. The highest BCUT2D eigenvalue weighted by molar-refractivity contribution is 5.98. The molecule has 1 amide bonds. The number of carbonyl (C=O) groups is 1. The number of rotatable bonds is 6. The largest absolute Gasteiger partial charge is 0.487 e. The average molecular weight is 290 g/mol. The molecule has 0 spiro atoms. The van der Waals surface area contributed by atoms with E-state index in [1.54, 1.807) is 19.3 Å². The van der Waals surface area contributed by atoms with Crippen molar-refractivity contribution in [3.8, 4) is 5.75 Å². The van der Waals surface area contributed by atoms with Crippen molar-refractivity contribution in [2.75, 3.05) is 6.61 Å². The molecule has 110 valence electrons. The fourth-order valence-electron chi connectivity index (χ4n) is 1.80. The molecule has 21 heavy (non-hydrogen) atoms. The quantitative estimate of drug-likeness (QED) is 0.620. The number of hydrogen-bond acceptors (Lipinski definition) is 5. The summed E-state index contributed by atoms with van der Waals surface area (Å²) in [6, 6.07) is 4.24. The number of carbonyl (C=O) groups excluding carboxylic acids is 1. The number of amides is 1. The van der Waals surface area contributed by atoms with E-state index in [2.05, 4.69) is 15.5 Å². The first-order valence-corrected chi connectivity index (χ1v) is 6.29. The van der Waals surface area contributed by atoms with Crippen LogP contribution >= 0.6 is 0 Å². The maximum Gasteiger partial charge on any atom is 0.311 e. The summed E-state index contributed by atoms with van der Waals surface area (Å²) in [5, 5.41) is 20.1. The Morgan fingerprint density at radius 3 is 2.95 bits per heavy atom. The van der Waals surface area contributed by atoms with Crippen molar-refractivity contribution in [3.05, 3.63) is 51.8 Å². The molecule has 0 aliphatic heterocycles. The topological polar surface area (TPSA) is 110 Å². The van der Waals surface area contributed by atoms with Crippen LogP contribution < -0.4 is 10.1 Å². The van der Waals surface area contributed by atoms with Crippen LogP contribution in [0.2, 0.25) is 0 Å². The lowest BCUT2D eigenvalue weighted by Gasteiger charge is -2.10. The molecular weight excluding hydrogens is 276 g/mol. The van der Waals surface area contributed by atoms with Crippen LogP contribution in [-0.4, -0.2) is 27.6 Å². The maximum absolute atomic E-state index is 12.2. The molecule has 2 aromatic rings. The summed E-state index contributed by atoms with van der Waals surface area (Å²) in [5.41, 5.74) is 0.703. The SMILES string of the molecule is CCOc1c(C(=O)NCc2cn[nH]c2)cccc1[N+](=O)[O-]. The van der Waals surface area contributed by atoms with Crippen molar-refractivity contribution in [3.63, 3.8) is 0 Å². The molecule has 8 nitrogen and oxygen atoms in total. The lowest BCUT2D eigenvalue weighted by Crippen LogP contribution is -2.23. The number of H-pyrrole nitrogens is 1. The van der Waals surface area contributed by atoms with Crippen LogP contribution in [0.1, 0.15) is 22.8 Å². The Balaban J connectivity index is 2.23. The van der Waals surface area contributed by atoms with E-state index in [-0.39, 0.29) is 30.2 Å². The van der Waals surface area contributed by atoms with Crippen LogP contribution in [0, 0.1) is 10.1 Å². The van der Waals surface area contributed by atoms with Gasteiger partial charge in [0.2, 0.25) is 5.75 Å². The van der Waals surface area contributed by atoms with Gasteiger partial charge in [-0.25, -0.2) is 0 Å². The molecule has 0 unspecified atom stereocenters. The Bertz CT molecular complexity index is 640. The number of nitro groups is 1.